The number of nitrogen functional groups attached to an aromatic ring is 1. The summed E-state index contributed by atoms with van der Waals surface area (Å²) >= 11 is 0. The van der Waals surface area contributed by atoms with Crippen LogP contribution in [0.3, 0.4) is 0 Å². The summed E-state index contributed by atoms with van der Waals surface area (Å²) in [4.78, 5) is 61.4. The van der Waals surface area contributed by atoms with Gasteiger partial charge in [0, 0.05) is 27.0 Å². The standard InChI is InChI=1S/C22H19FN4O8/c1-11(28)34-16-9-8-15(10-17(16)35-12(2)29)26(22(32)33)18-19(24)27(21(31)25(3)20(18)30)14-6-4-13(23)5-7-14/h4-10H,24H2,1-3H3,(H,32,33). The molecule has 1 heterocycles. The Bertz CT molecular complexity index is 1460. The van der Waals surface area contributed by atoms with E-state index in [1.54, 1.807) is 0 Å². The van der Waals surface area contributed by atoms with Gasteiger partial charge in [-0.3, -0.25) is 19.0 Å². The number of hydrogen-bond donors (Lipinski definition) is 2. The van der Waals surface area contributed by atoms with Crippen LogP contribution >= 0.6 is 0 Å². The molecule has 0 radical (unpaired) electrons. The highest BCUT2D eigenvalue weighted by Crippen LogP contribution is 2.36. The lowest BCUT2D eigenvalue weighted by Crippen LogP contribution is -2.43. The first-order chi connectivity index (χ1) is 16.4. The molecule has 0 aliphatic rings. The van der Waals surface area contributed by atoms with Crippen molar-refractivity contribution >= 4 is 35.2 Å². The van der Waals surface area contributed by atoms with Gasteiger partial charge in [0.05, 0.1) is 11.4 Å². The number of carboxylic acid groups (broad SMARTS) is 1. The number of carbonyl (C=O) groups is 3. The Balaban J connectivity index is 2.31. The molecule has 0 saturated carbocycles. The molecule has 0 unspecified atom stereocenters. The molecule has 3 aromatic rings. The van der Waals surface area contributed by atoms with Gasteiger partial charge >= 0.3 is 23.7 Å². The van der Waals surface area contributed by atoms with E-state index >= 15 is 0 Å². The van der Waals surface area contributed by atoms with E-state index in [-0.39, 0.29) is 22.9 Å². The lowest BCUT2D eigenvalue weighted by atomic mass is 10.2. The van der Waals surface area contributed by atoms with E-state index in [9.17, 15) is 33.5 Å². The minimum atomic E-state index is -1.67. The van der Waals surface area contributed by atoms with Crippen molar-refractivity contribution in [1.82, 2.24) is 9.13 Å². The second-order valence-electron chi connectivity index (χ2n) is 7.13. The number of benzene rings is 2. The first kappa shape index (κ1) is 24.7. The van der Waals surface area contributed by atoms with Crippen LogP contribution in [0.15, 0.2) is 52.1 Å². The van der Waals surface area contributed by atoms with Gasteiger partial charge in [-0.05, 0) is 36.4 Å². The van der Waals surface area contributed by atoms with Crippen molar-refractivity contribution in [1.29, 1.82) is 0 Å². The summed E-state index contributed by atoms with van der Waals surface area (Å²) in [6, 6.07) is 7.92. The van der Waals surface area contributed by atoms with Crippen LogP contribution in [0.5, 0.6) is 11.5 Å². The second-order valence-corrected chi connectivity index (χ2v) is 7.13. The van der Waals surface area contributed by atoms with Crippen LogP contribution in [-0.4, -0.2) is 32.3 Å². The van der Waals surface area contributed by atoms with Crippen LogP contribution in [0.25, 0.3) is 5.69 Å². The van der Waals surface area contributed by atoms with E-state index < -0.39 is 46.6 Å². The number of carbonyl (C=O) groups excluding carboxylic acids is 2. The summed E-state index contributed by atoms with van der Waals surface area (Å²) < 4.78 is 24.9. The van der Waals surface area contributed by atoms with Gasteiger partial charge in [0.1, 0.15) is 11.6 Å². The molecule has 1 amide bonds. The van der Waals surface area contributed by atoms with Gasteiger partial charge in [0.25, 0.3) is 5.56 Å². The van der Waals surface area contributed by atoms with Crippen LogP contribution < -0.4 is 31.4 Å². The fraction of sp³-hybridized carbons (Fsp3) is 0.136. The fourth-order valence-corrected chi connectivity index (χ4v) is 3.21. The zero-order chi connectivity index (χ0) is 26.0. The summed E-state index contributed by atoms with van der Waals surface area (Å²) in [5, 5.41) is 9.97. The summed E-state index contributed by atoms with van der Waals surface area (Å²) in [5.41, 5.74) is 3.38. The van der Waals surface area contributed by atoms with Crippen molar-refractivity contribution in [2.24, 2.45) is 7.05 Å². The first-order valence-electron chi connectivity index (χ1n) is 9.83. The maximum absolute atomic E-state index is 13.4. The zero-order valence-electron chi connectivity index (χ0n) is 18.6. The molecule has 1 aromatic heterocycles. The van der Waals surface area contributed by atoms with E-state index in [1.165, 1.54) is 18.2 Å². The Morgan fingerprint density at radius 3 is 2.09 bits per heavy atom. The molecule has 0 aliphatic heterocycles. The summed E-state index contributed by atoms with van der Waals surface area (Å²) in [7, 11) is 1.11. The van der Waals surface area contributed by atoms with E-state index in [0.717, 1.165) is 49.7 Å². The van der Waals surface area contributed by atoms with Crippen LogP contribution in [0.1, 0.15) is 13.8 Å². The number of esters is 2. The van der Waals surface area contributed by atoms with Crippen LogP contribution in [0.2, 0.25) is 0 Å². The van der Waals surface area contributed by atoms with Gasteiger partial charge in [0.2, 0.25) is 0 Å². The summed E-state index contributed by atoms with van der Waals surface area (Å²) in [6.07, 6.45) is -1.67. The molecule has 3 N–H and O–H groups in total. The van der Waals surface area contributed by atoms with Crippen molar-refractivity contribution in [2.75, 3.05) is 10.6 Å². The van der Waals surface area contributed by atoms with Crippen molar-refractivity contribution < 1.29 is 33.4 Å². The fourth-order valence-electron chi connectivity index (χ4n) is 3.21. The third-order valence-corrected chi connectivity index (χ3v) is 4.66. The molecule has 0 aliphatic carbocycles. The van der Waals surface area contributed by atoms with Crippen molar-refractivity contribution in [3.05, 3.63) is 69.1 Å². The Labute approximate surface area is 196 Å². The minimum absolute atomic E-state index is 0.0712. The number of aromatic nitrogens is 2. The number of nitrogens with zero attached hydrogens (tertiary/aromatic N) is 3. The number of rotatable bonds is 5. The van der Waals surface area contributed by atoms with Gasteiger partial charge in [-0.25, -0.2) is 23.4 Å². The third kappa shape index (κ3) is 4.88. The SMILES string of the molecule is CC(=O)Oc1ccc(N(C(=O)O)c2c(N)n(-c3ccc(F)cc3)c(=O)n(C)c2=O)cc1OC(C)=O. The average molecular weight is 486 g/mol. The maximum atomic E-state index is 13.4. The van der Waals surface area contributed by atoms with Gasteiger partial charge in [-0.15, -0.1) is 0 Å². The molecule has 0 bridgehead atoms. The lowest BCUT2D eigenvalue weighted by Gasteiger charge is -2.23. The van der Waals surface area contributed by atoms with Gasteiger partial charge < -0.3 is 20.3 Å². The second kappa shape index (κ2) is 9.51. The Morgan fingerprint density at radius 2 is 1.54 bits per heavy atom. The molecule has 0 atom stereocenters. The average Bonchev–Trinajstić information content (AvgIpc) is 2.77. The van der Waals surface area contributed by atoms with Gasteiger partial charge in [-0.2, -0.15) is 0 Å². The topological polar surface area (TPSA) is 163 Å². The number of halogens is 1. The minimum Gasteiger partial charge on any atom is -0.464 e. The third-order valence-electron chi connectivity index (χ3n) is 4.66. The number of amides is 1. The van der Waals surface area contributed by atoms with E-state index in [2.05, 4.69) is 0 Å². The summed E-state index contributed by atoms with van der Waals surface area (Å²) in [6.45, 7) is 2.18. The van der Waals surface area contributed by atoms with Gasteiger partial charge in [0.15, 0.2) is 17.2 Å². The Hall–Kier alpha value is -4.94. The van der Waals surface area contributed by atoms with E-state index in [1.807, 2.05) is 0 Å². The van der Waals surface area contributed by atoms with E-state index in [0.29, 0.717) is 9.47 Å². The number of ether oxygens (including phenoxy) is 2. The lowest BCUT2D eigenvalue weighted by molar-refractivity contribution is -0.134. The van der Waals surface area contributed by atoms with Crippen LogP contribution in [0, 0.1) is 5.82 Å². The molecule has 12 nitrogen and oxygen atoms in total. The maximum Gasteiger partial charge on any atom is 0.416 e. The highest BCUT2D eigenvalue weighted by Gasteiger charge is 2.28. The molecule has 3 rings (SSSR count). The molecule has 182 valence electrons. The highest BCUT2D eigenvalue weighted by atomic mass is 19.1. The molecular formula is C22H19FN4O8. The van der Waals surface area contributed by atoms with Gasteiger partial charge in [-0.1, -0.05) is 0 Å². The quantitative estimate of drug-likeness (QED) is 0.405. The zero-order valence-corrected chi connectivity index (χ0v) is 18.6. The largest absolute Gasteiger partial charge is 0.464 e. The molecular weight excluding hydrogens is 467 g/mol. The van der Waals surface area contributed by atoms with Crippen molar-refractivity contribution in [3.8, 4) is 17.2 Å². The summed E-state index contributed by atoms with van der Waals surface area (Å²) in [5.74, 6) is -3.16. The molecule has 0 spiro atoms. The van der Waals surface area contributed by atoms with Crippen molar-refractivity contribution in [2.45, 2.75) is 13.8 Å². The van der Waals surface area contributed by atoms with E-state index in [4.69, 9.17) is 15.2 Å². The molecule has 13 heteroatoms. The normalized spacial score (nSPS) is 10.5. The molecule has 0 fully saturated rings. The first-order valence-corrected chi connectivity index (χ1v) is 9.83. The highest BCUT2D eigenvalue weighted by molar-refractivity contribution is 5.98. The van der Waals surface area contributed by atoms with Crippen LogP contribution in [0.4, 0.5) is 26.4 Å². The van der Waals surface area contributed by atoms with Crippen molar-refractivity contribution in [3.63, 3.8) is 0 Å². The Kier molecular flexibility index (Phi) is 6.71. The predicted octanol–water partition coefficient (Wildman–Crippen LogP) is 1.92. The molecule has 35 heavy (non-hydrogen) atoms. The van der Waals surface area contributed by atoms with Crippen LogP contribution in [-0.2, 0) is 16.6 Å². The number of anilines is 3. The Morgan fingerprint density at radius 1 is 0.971 bits per heavy atom. The predicted molar refractivity (Wildman–Crippen MR) is 121 cm³/mol. The monoisotopic (exact) mass is 486 g/mol. The molecule has 2 aromatic carbocycles. The molecule has 0 saturated heterocycles. The number of hydrogen-bond acceptors (Lipinski definition) is 8. The smallest absolute Gasteiger partial charge is 0.416 e. The number of nitrogens with two attached hydrogens (primary N) is 1.